The van der Waals surface area contributed by atoms with Crippen molar-refractivity contribution in [2.45, 2.75) is 33.3 Å². The Balaban J connectivity index is 1.89. The third-order valence-corrected chi connectivity index (χ3v) is 3.88. The second-order valence-corrected chi connectivity index (χ2v) is 7.26. The summed E-state index contributed by atoms with van der Waals surface area (Å²) in [5.41, 5.74) is 1.11. The molecule has 0 radical (unpaired) electrons. The highest BCUT2D eigenvalue weighted by Crippen LogP contribution is 2.26. The van der Waals surface area contributed by atoms with Crippen molar-refractivity contribution >= 4 is 16.9 Å². The van der Waals surface area contributed by atoms with Gasteiger partial charge < -0.3 is 13.9 Å². The summed E-state index contributed by atoms with van der Waals surface area (Å²) in [6.07, 6.45) is 0. The Bertz CT molecular complexity index is 1030. The highest BCUT2D eigenvalue weighted by molar-refractivity contribution is 5.83. The van der Waals surface area contributed by atoms with Gasteiger partial charge in [-0.2, -0.15) is 0 Å². The minimum absolute atomic E-state index is 0.0985. The van der Waals surface area contributed by atoms with Gasteiger partial charge in [-0.1, -0.05) is 30.3 Å². The molecular formula is C22H22O5. The van der Waals surface area contributed by atoms with Gasteiger partial charge in [0.2, 0.25) is 5.43 Å². The Morgan fingerprint density at radius 3 is 2.44 bits per heavy atom. The minimum atomic E-state index is -0.568. The fraction of sp³-hybridized carbons (Fsp3) is 0.273. The largest absolute Gasteiger partial charge is 0.482 e. The lowest BCUT2D eigenvalue weighted by Crippen LogP contribution is -2.27. The third-order valence-electron chi connectivity index (χ3n) is 3.88. The zero-order valence-electron chi connectivity index (χ0n) is 15.9. The maximum atomic E-state index is 12.9. The molecule has 0 fully saturated rings. The summed E-state index contributed by atoms with van der Waals surface area (Å²) in [7, 11) is 0. The van der Waals surface area contributed by atoms with E-state index < -0.39 is 11.6 Å². The van der Waals surface area contributed by atoms with E-state index in [4.69, 9.17) is 13.9 Å². The predicted molar refractivity (Wildman–Crippen MR) is 104 cm³/mol. The number of rotatable bonds is 4. The first-order chi connectivity index (χ1) is 12.7. The average Bonchev–Trinajstić information content (AvgIpc) is 2.59. The molecule has 0 atom stereocenters. The van der Waals surface area contributed by atoms with Crippen LogP contribution in [0.4, 0.5) is 0 Å². The molecule has 3 rings (SSSR count). The van der Waals surface area contributed by atoms with Crippen molar-refractivity contribution in [1.82, 2.24) is 0 Å². The van der Waals surface area contributed by atoms with Gasteiger partial charge in [0.15, 0.2) is 6.61 Å². The van der Waals surface area contributed by atoms with Gasteiger partial charge in [-0.15, -0.1) is 0 Å². The molecular weight excluding hydrogens is 344 g/mol. The molecule has 2 aromatic carbocycles. The molecule has 0 spiro atoms. The lowest BCUT2D eigenvalue weighted by atomic mass is 10.0. The Morgan fingerprint density at radius 1 is 1.07 bits per heavy atom. The number of aryl methyl sites for hydroxylation is 1. The van der Waals surface area contributed by atoms with E-state index in [9.17, 15) is 9.59 Å². The van der Waals surface area contributed by atoms with Crippen LogP contribution in [0, 0.1) is 6.92 Å². The van der Waals surface area contributed by atoms with E-state index in [-0.39, 0.29) is 12.0 Å². The van der Waals surface area contributed by atoms with Crippen molar-refractivity contribution in [2.24, 2.45) is 0 Å². The van der Waals surface area contributed by atoms with Crippen LogP contribution in [-0.4, -0.2) is 18.2 Å². The zero-order chi connectivity index (χ0) is 19.6. The second-order valence-electron chi connectivity index (χ2n) is 7.26. The maximum Gasteiger partial charge on any atom is 0.344 e. The normalized spacial score (nSPS) is 11.4. The molecule has 0 aliphatic heterocycles. The van der Waals surface area contributed by atoms with E-state index in [1.165, 1.54) is 0 Å². The molecule has 0 bridgehead atoms. The molecule has 5 heteroatoms. The number of carbonyl (C=O) groups excluding carboxylic acids is 1. The first-order valence-electron chi connectivity index (χ1n) is 8.72. The first-order valence-corrected chi connectivity index (χ1v) is 8.72. The Kier molecular flexibility index (Phi) is 5.04. The van der Waals surface area contributed by atoms with Crippen LogP contribution in [0.5, 0.6) is 5.75 Å². The zero-order valence-corrected chi connectivity index (χ0v) is 15.9. The van der Waals surface area contributed by atoms with Crippen LogP contribution >= 0.6 is 0 Å². The molecule has 0 aliphatic carbocycles. The number of esters is 1. The molecule has 1 aromatic heterocycles. The topological polar surface area (TPSA) is 65.7 Å². The van der Waals surface area contributed by atoms with Crippen LogP contribution in [0.2, 0.25) is 0 Å². The first kappa shape index (κ1) is 18.7. The van der Waals surface area contributed by atoms with Crippen LogP contribution in [0.15, 0.2) is 57.7 Å². The van der Waals surface area contributed by atoms with Gasteiger partial charge in [0.25, 0.3) is 0 Å². The molecule has 1 heterocycles. The number of ether oxygens (including phenoxy) is 2. The van der Waals surface area contributed by atoms with E-state index in [1.807, 2.05) is 30.3 Å². The monoisotopic (exact) mass is 366 g/mol. The molecule has 0 saturated heterocycles. The molecule has 0 amide bonds. The average molecular weight is 366 g/mol. The van der Waals surface area contributed by atoms with Gasteiger partial charge in [0, 0.05) is 6.07 Å². The molecule has 140 valence electrons. The summed E-state index contributed by atoms with van der Waals surface area (Å²) in [6.45, 7) is 6.93. The number of carbonyl (C=O) groups is 1. The maximum absolute atomic E-state index is 12.9. The van der Waals surface area contributed by atoms with Crippen molar-refractivity contribution in [3.63, 3.8) is 0 Å². The van der Waals surface area contributed by atoms with Gasteiger partial charge in [0.1, 0.15) is 22.7 Å². The summed E-state index contributed by atoms with van der Waals surface area (Å²) in [4.78, 5) is 24.7. The van der Waals surface area contributed by atoms with Gasteiger partial charge >= 0.3 is 5.97 Å². The smallest absolute Gasteiger partial charge is 0.344 e. The number of hydrogen-bond donors (Lipinski definition) is 0. The van der Waals surface area contributed by atoms with Gasteiger partial charge in [0.05, 0.1) is 10.9 Å². The summed E-state index contributed by atoms with van der Waals surface area (Å²) in [6, 6.07) is 14.3. The van der Waals surface area contributed by atoms with Crippen molar-refractivity contribution in [3.8, 4) is 16.9 Å². The number of benzene rings is 2. The summed E-state index contributed by atoms with van der Waals surface area (Å²) < 4.78 is 16.6. The summed E-state index contributed by atoms with van der Waals surface area (Å²) >= 11 is 0. The summed E-state index contributed by atoms with van der Waals surface area (Å²) in [5, 5.41) is 0.462. The molecule has 0 aliphatic rings. The Hall–Kier alpha value is -3.08. The van der Waals surface area contributed by atoms with Crippen LogP contribution in [0.3, 0.4) is 0 Å². The SMILES string of the molecule is Cc1oc2cc(OCC(=O)OC(C)(C)C)ccc2c(=O)c1-c1ccccc1. The highest BCUT2D eigenvalue weighted by Gasteiger charge is 2.17. The highest BCUT2D eigenvalue weighted by atomic mass is 16.6. The number of fused-ring (bicyclic) bond motifs is 1. The van der Waals surface area contributed by atoms with Crippen molar-refractivity contribution < 1.29 is 18.7 Å². The fourth-order valence-corrected chi connectivity index (χ4v) is 2.83. The predicted octanol–water partition coefficient (Wildman–Crippen LogP) is 4.49. The van der Waals surface area contributed by atoms with E-state index in [2.05, 4.69) is 0 Å². The van der Waals surface area contributed by atoms with E-state index in [0.717, 1.165) is 5.56 Å². The Morgan fingerprint density at radius 2 is 1.78 bits per heavy atom. The van der Waals surface area contributed by atoms with Crippen molar-refractivity contribution in [1.29, 1.82) is 0 Å². The fourth-order valence-electron chi connectivity index (χ4n) is 2.83. The molecule has 5 nitrogen and oxygen atoms in total. The van der Waals surface area contributed by atoms with Gasteiger partial charge in [-0.3, -0.25) is 4.79 Å². The van der Waals surface area contributed by atoms with Crippen LogP contribution in [-0.2, 0) is 9.53 Å². The molecule has 3 aromatic rings. The summed E-state index contributed by atoms with van der Waals surface area (Å²) in [5.74, 6) is 0.506. The van der Waals surface area contributed by atoms with E-state index >= 15 is 0 Å². The lowest BCUT2D eigenvalue weighted by molar-refractivity contribution is -0.157. The second kappa shape index (κ2) is 7.27. The van der Waals surface area contributed by atoms with Crippen LogP contribution < -0.4 is 10.2 Å². The van der Waals surface area contributed by atoms with Crippen LogP contribution in [0.1, 0.15) is 26.5 Å². The number of hydrogen-bond acceptors (Lipinski definition) is 5. The molecule has 27 heavy (non-hydrogen) atoms. The van der Waals surface area contributed by atoms with Gasteiger partial charge in [-0.05, 0) is 45.4 Å². The van der Waals surface area contributed by atoms with Crippen molar-refractivity contribution in [3.05, 3.63) is 64.5 Å². The molecule has 0 unspecified atom stereocenters. The molecule has 0 N–H and O–H groups in total. The quantitative estimate of drug-likeness (QED) is 0.637. The Labute approximate surface area is 157 Å². The van der Waals surface area contributed by atoms with Gasteiger partial charge in [-0.25, -0.2) is 4.79 Å². The lowest BCUT2D eigenvalue weighted by Gasteiger charge is -2.19. The van der Waals surface area contributed by atoms with E-state index in [0.29, 0.717) is 28.0 Å². The third kappa shape index (κ3) is 4.37. The van der Waals surface area contributed by atoms with Crippen molar-refractivity contribution in [2.75, 3.05) is 6.61 Å². The molecule has 0 saturated carbocycles. The van der Waals surface area contributed by atoms with Crippen LogP contribution in [0.25, 0.3) is 22.1 Å². The minimum Gasteiger partial charge on any atom is -0.482 e. The standard InChI is InChI=1S/C22H22O5/c1-14-20(15-8-6-5-7-9-15)21(24)17-11-10-16(12-18(17)26-14)25-13-19(23)27-22(2,3)4/h5-12H,13H2,1-4H3. The van der Waals surface area contributed by atoms with E-state index in [1.54, 1.807) is 45.9 Å².